The van der Waals surface area contributed by atoms with E-state index in [9.17, 15) is 9.50 Å². The van der Waals surface area contributed by atoms with E-state index in [0.717, 1.165) is 12.0 Å². The lowest BCUT2D eigenvalue weighted by molar-refractivity contribution is 0.0478. The largest absolute Gasteiger partial charge is 0.384 e. The molecular weight excluding hydrogens is 169 g/mol. The van der Waals surface area contributed by atoms with Gasteiger partial charge in [0, 0.05) is 6.54 Å². The lowest BCUT2D eigenvalue weighted by atomic mass is 9.96. The Morgan fingerprint density at radius 2 is 2.31 bits per heavy atom. The van der Waals surface area contributed by atoms with Gasteiger partial charge >= 0.3 is 0 Å². The van der Waals surface area contributed by atoms with Crippen molar-refractivity contribution in [3.63, 3.8) is 0 Å². The van der Waals surface area contributed by atoms with Crippen LogP contribution >= 0.6 is 0 Å². The lowest BCUT2D eigenvalue weighted by Gasteiger charge is -2.21. The van der Waals surface area contributed by atoms with E-state index in [1.165, 1.54) is 12.1 Å². The predicted octanol–water partition coefficient (Wildman–Crippen LogP) is 0.918. The normalized spacial score (nSPS) is 26.1. The second kappa shape index (κ2) is 2.79. The third kappa shape index (κ3) is 1.24. The van der Waals surface area contributed by atoms with Crippen molar-refractivity contribution in [2.24, 2.45) is 5.73 Å². The Labute approximate surface area is 76.2 Å². The molecule has 1 aliphatic carbocycles. The van der Waals surface area contributed by atoms with Crippen LogP contribution in [0.15, 0.2) is 18.2 Å². The molecule has 1 atom stereocenters. The Kier molecular flexibility index (Phi) is 1.86. The van der Waals surface area contributed by atoms with E-state index in [-0.39, 0.29) is 12.4 Å². The van der Waals surface area contributed by atoms with Gasteiger partial charge in [0.25, 0.3) is 0 Å². The van der Waals surface area contributed by atoms with E-state index in [1.54, 1.807) is 6.07 Å². The molecule has 1 aliphatic rings. The van der Waals surface area contributed by atoms with Gasteiger partial charge in [-0.25, -0.2) is 4.39 Å². The topological polar surface area (TPSA) is 46.2 Å². The van der Waals surface area contributed by atoms with Crippen LogP contribution in [0.3, 0.4) is 0 Å². The molecule has 3 N–H and O–H groups in total. The van der Waals surface area contributed by atoms with Gasteiger partial charge in [-0.1, -0.05) is 6.07 Å². The van der Waals surface area contributed by atoms with Crippen molar-refractivity contribution in [1.82, 2.24) is 0 Å². The van der Waals surface area contributed by atoms with Crippen LogP contribution in [-0.2, 0) is 12.0 Å². The Balaban J connectivity index is 2.52. The molecule has 0 unspecified atom stereocenters. The van der Waals surface area contributed by atoms with Gasteiger partial charge < -0.3 is 10.8 Å². The van der Waals surface area contributed by atoms with Gasteiger partial charge in [0.1, 0.15) is 11.4 Å². The third-order valence-electron chi connectivity index (χ3n) is 2.72. The number of benzene rings is 1. The standard InChI is InChI=1S/C10H12FNO/c11-8-2-1-7-3-4-10(13,6-12)9(7)5-8/h1-2,5,13H,3-4,6,12H2/t10-/m1/s1. The van der Waals surface area contributed by atoms with Crippen molar-refractivity contribution in [2.75, 3.05) is 6.54 Å². The van der Waals surface area contributed by atoms with Crippen LogP contribution in [0, 0.1) is 5.82 Å². The number of hydrogen-bond acceptors (Lipinski definition) is 2. The van der Waals surface area contributed by atoms with Gasteiger partial charge in [-0.05, 0) is 36.1 Å². The first kappa shape index (κ1) is 8.66. The van der Waals surface area contributed by atoms with Crippen molar-refractivity contribution in [3.05, 3.63) is 35.1 Å². The molecule has 1 aromatic carbocycles. The predicted molar refractivity (Wildman–Crippen MR) is 47.7 cm³/mol. The van der Waals surface area contributed by atoms with Crippen LogP contribution in [0.4, 0.5) is 4.39 Å². The molecule has 0 heterocycles. The summed E-state index contributed by atoms with van der Waals surface area (Å²) in [5, 5.41) is 9.98. The van der Waals surface area contributed by atoms with E-state index in [0.29, 0.717) is 12.0 Å². The second-order valence-electron chi connectivity index (χ2n) is 3.54. The van der Waals surface area contributed by atoms with Crippen molar-refractivity contribution in [1.29, 1.82) is 0 Å². The maximum absolute atomic E-state index is 12.9. The number of aryl methyl sites for hydroxylation is 1. The zero-order chi connectivity index (χ0) is 9.47. The number of fused-ring (bicyclic) bond motifs is 1. The van der Waals surface area contributed by atoms with Crippen molar-refractivity contribution >= 4 is 0 Å². The Bertz CT molecular complexity index is 340. The SMILES string of the molecule is NC[C@]1(O)CCc2ccc(F)cc21. The molecule has 0 saturated carbocycles. The third-order valence-corrected chi connectivity index (χ3v) is 2.72. The lowest BCUT2D eigenvalue weighted by Crippen LogP contribution is -2.32. The fourth-order valence-electron chi connectivity index (χ4n) is 1.89. The molecule has 0 amide bonds. The molecular formula is C10H12FNO. The van der Waals surface area contributed by atoms with Gasteiger partial charge in [-0.15, -0.1) is 0 Å². The molecule has 13 heavy (non-hydrogen) atoms. The molecule has 0 fully saturated rings. The number of aliphatic hydroxyl groups is 1. The molecule has 0 spiro atoms. The summed E-state index contributed by atoms with van der Waals surface area (Å²) in [6.07, 6.45) is 1.38. The monoisotopic (exact) mass is 181 g/mol. The van der Waals surface area contributed by atoms with Crippen LogP contribution in [0.5, 0.6) is 0 Å². The van der Waals surface area contributed by atoms with Crippen molar-refractivity contribution in [3.8, 4) is 0 Å². The summed E-state index contributed by atoms with van der Waals surface area (Å²) in [4.78, 5) is 0. The van der Waals surface area contributed by atoms with Crippen LogP contribution in [0.25, 0.3) is 0 Å². The summed E-state index contributed by atoms with van der Waals surface area (Å²) in [5.41, 5.74) is 6.13. The van der Waals surface area contributed by atoms with E-state index in [2.05, 4.69) is 0 Å². The number of hydrogen-bond donors (Lipinski definition) is 2. The van der Waals surface area contributed by atoms with Crippen LogP contribution in [0.2, 0.25) is 0 Å². The van der Waals surface area contributed by atoms with E-state index < -0.39 is 5.60 Å². The molecule has 2 nitrogen and oxygen atoms in total. The number of nitrogens with two attached hydrogens (primary N) is 1. The van der Waals surface area contributed by atoms with E-state index >= 15 is 0 Å². The fourth-order valence-corrected chi connectivity index (χ4v) is 1.89. The summed E-state index contributed by atoms with van der Waals surface area (Å²) < 4.78 is 12.9. The molecule has 2 rings (SSSR count). The maximum atomic E-state index is 12.9. The number of rotatable bonds is 1. The highest BCUT2D eigenvalue weighted by Crippen LogP contribution is 2.36. The highest BCUT2D eigenvalue weighted by atomic mass is 19.1. The summed E-state index contributed by atoms with van der Waals surface area (Å²) >= 11 is 0. The van der Waals surface area contributed by atoms with Crippen molar-refractivity contribution < 1.29 is 9.50 Å². The van der Waals surface area contributed by atoms with Gasteiger partial charge in [0.2, 0.25) is 0 Å². The zero-order valence-corrected chi connectivity index (χ0v) is 7.26. The van der Waals surface area contributed by atoms with Crippen LogP contribution < -0.4 is 5.73 Å². The summed E-state index contributed by atoms with van der Waals surface area (Å²) in [6.45, 7) is 0.156. The first-order valence-electron chi connectivity index (χ1n) is 4.37. The second-order valence-corrected chi connectivity index (χ2v) is 3.54. The minimum atomic E-state index is -1.00. The molecule has 3 heteroatoms. The minimum Gasteiger partial charge on any atom is -0.384 e. The van der Waals surface area contributed by atoms with E-state index in [4.69, 9.17) is 5.73 Å². The van der Waals surface area contributed by atoms with Crippen molar-refractivity contribution in [2.45, 2.75) is 18.4 Å². The van der Waals surface area contributed by atoms with Gasteiger partial charge in [-0.2, -0.15) is 0 Å². The summed E-state index contributed by atoms with van der Waals surface area (Å²) in [6, 6.07) is 4.52. The van der Waals surface area contributed by atoms with Gasteiger partial charge in [-0.3, -0.25) is 0 Å². The molecule has 0 aromatic heterocycles. The Hall–Kier alpha value is -0.930. The quantitative estimate of drug-likeness (QED) is 0.676. The highest BCUT2D eigenvalue weighted by molar-refractivity contribution is 5.37. The van der Waals surface area contributed by atoms with E-state index in [1.807, 2.05) is 0 Å². The average molecular weight is 181 g/mol. The minimum absolute atomic E-state index is 0.156. The zero-order valence-electron chi connectivity index (χ0n) is 7.26. The average Bonchev–Trinajstić information content (AvgIpc) is 2.45. The molecule has 0 bridgehead atoms. The molecule has 0 saturated heterocycles. The van der Waals surface area contributed by atoms with Gasteiger partial charge in [0.05, 0.1) is 0 Å². The fraction of sp³-hybridized carbons (Fsp3) is 0.400. The number of halogens is 1. The molecule has 0 aliphatic heterocycles. The first-order chi connectivity index (χ1) is 6.15. The smallest absolute Gasteiger partial charge is 0.123 e. The Morgan fingerprint density at radius 1 is 1.54 bits per heavy atom. The van der Waals surface area contributed by atoms with Gasteiger partial charge in [0.15, 0.2) is 0 Å². The summed E-state index contributed by atoms with van der Waals surface area (Å²) in [5.74, 6) is -0.312. The molecule has 1 aromatic rings. The van der Waals surface area contributed by atoms with Crippen LogP contribution in [0.1, 0.15) is 17.5 Å². The molecule has 70 valence electrons. The van der Waals surface area contributed by atoms with Crippen LogP contribution in [-0.4, -0.2) is 11.7 Å². The maximum Gasteiger partial charge on any atom is 0.123 e. The first-order valence-corrected chi connectivity index (χ1v) is 4.37. The molecule has 0 radical (unpaired) electrons. The Morgan fingerprint density at radius 3 is 3.00 bits per heavy atom. The highest BCUT2D eigenvalue weighted by Gasteiger charge is 2.35. The summed E-state index contributed by atoms with van der Waals surface area (Å²) in [7, 11) is 0.